The normalized spacial score (nSPS) is 20.6. The molecule has 2 aromatic rings. The molecule has 132 valence electrons. The summed E-state index contributed by atoms with van der Waals surface area (Å²) in [7, 11) is -3.68. The minimum absolute atomic E-state index is 0.0379. The van der Waals surface area contributed by atoms with Crippen molar-refractivity contribution in [1.29, 1.82) is 0 Å². The van der Waals surface area contributed by atoms with Gasteiger partial charge in [-0.15, -0.1) is 0 Å². The predicted molar refractivity (Wildman–Crippen MR) is 96.8 cm³/mol. The van der Waals surface area contributed by atoms with E-state index in [0.29, 0.717) is 12.2 Å². The van der Waals surface area contributed by atoms with Crippen LogP contribution >= 0.6 is 0 Å². The topological polar surface area (TPSA) is 80.5 Å². The number of para-hydroxylation sites is 1. The molecule has 1 aliphatic rings. The number of nitro benzene ring substituents is 1. The summed E-state index contributed by atoms with van der Waals surface area (Å²) in [6.45, 7) is 2.68. The van der Waals surface area contributed by atoms with Crippen LogP contribution < -0.4 is 4.90 Å². The molecule has 0 radical (unpaired) electrons. The van der Waals surface area contributed by atoms with Gasteiger partial charge in [-0.05, 0) is 31.0 Å². The second-order valence-electron chi connectivity index (χ2n) is 6.39. The monoisotopic (exact) mass is 360 g/mol. The zero-order chi connectivity index (χ0) is 18.2. The maximum atomic E-state index is 12.0. The summed E-state index contributed by atoms with van der Waals surface area (Å²) in [5.74, 6) is 0.252. The lowest BCUT2D eigenvalue weighted by molar-refractivity contribution is -0.387. The number of nitrogens with zero attached hydrogens (tertiary/aromatic N) is 2. The highest BCUT2D eigenvalue weighted by atomic mass is 32.2. The van der Waals surface area contributed by atoms with E-state index >= 15 is 0 Å². The van der Waals surface area contributed by atoms with Crippen molar-refractivity contribution in [3.63, 3.8) is 0 Å². The van der Waals surface area contributed by atoms with E-state index in [9.17, 15) is 18.5 Å². The van der Waals surface area contributed by atoms with Crippen molar-refractivity contribution >= 4 is 21.2 Å². The van der Waals surface area contributed by atoms with Crippen LogP contribution in [0.5, 0.6) is 0 Å². The van der Waals surface area contributed by atoms with Crippen LogP contribution in [0.2, 0.25) is 0 Å². The standard InChI is InChI=1S/C18H20N2O4S/c1-13-15(14-7-4-3-5-8-14)11-12-19(13)16-9-6-10-17(25(2,23)24)18(16)20(21)22/h3-10,13,15H,11-12H2,1-2H3. The Morgan fingerprint density at radius 3 is 2.40 bits per heavy atom. The smallest absolute Gasteiger partial charge is 0.311 e. The third kappa shape index (κ3) is 3.24. The average Bonchev–Trinajstić information content (AvgIpc) is 2.95. The molecule has 0 bridgehead atoms. The molecule has 1 saturated heterocycles. The summed E-state index contributed by atoms with van der Waals surface area (Å²) in [5.41, 5.74) is 1.24. The van der Waals surface area contributed by atoms with Gasteiger partial charge < -0.3 is 4.90 Å². The zero-order valence-electron chi connectivity index (χ0n) is 14.1. The Hall–Kier alpha value is -2.41. The van der Waals surface area contributed by atoms with Crippen molar-refractivity contribution in [2.75, 3.05) is 17.7 Å². The SMILES string of the molecule is CC1C(c2ccccc2)CCN1c1cccc(S(C)(=O)=O)c1[N+](=O)[O-]. The van der Waals surface area contributed by atoms with Crippen LogP contribution in [-0.2, 0) is 9.84 Å². The van der Waals surface area contributed by atoms with Crippen molar-refractivity contribution in [1.82, 2.24) is 0 Å². The van der Waals surface area contributed by atoms with Gasteiger partial charge in [0.1, 0.15) is 10.6 Å². The second kappa shape index (κ2) is 6.48. The molecule has 0 aromatic heterocycles. The predicted octanol–water partition coefficient (Wildman–Crippen LogP) is 3.38. The molecule has 0 saturated carbocycles. The van der Waals surface area contributed by atoms with E-state index in [1.54, 1.807) is 12.1 Å². The molecule has 1 fully saturated rings. The highest BCUT2D eigenvalue weighted by Gasteiger charge is 2.37. The van der Waals surface area contributed by atoms with Gasteiger partial charge in [-0.3, -0.25) is 10.1 Å². The van der Waals surface area contributed by atoms with Crippen molar-refractivity contribution in [2.45, 2.75) is 30.2 Å². The van der Waals surface area contributed by atoms with Crippen LogP contribution in [-0.4, -0.2) is 32.2 Å². The first-order valence-corrected chi connectivity index (χ1v) is 9.99. The van der Waals surface area contributed by atoms with E-state index in [2.05, 4.69) is 12.1 Å². The van der Waals surface area contributed by atoms with E-state index in [1.807, 2.05) is 30.0 Å². The van der Waals surface area contributed by atoms with Crippen molar-refractivity contribution in [3.8, 4) is 0 Å². The minimum atomic E-state index is -3.68. The Morgan fingerprint density at radius 1 is 1.12 bits per heavy atom. The van der Waals surface area contributed by atoms with E-state index in [1.165, 1.54) is 11.6 Å². The number of nitro groups is 1. The lowest BCUT2D eigenvalue weighted by Crippen LogP contribution is -2.30. The quantitative estimate of drug-likeness (QED) is 0.617. The molecule has 0 N–H and O–H groups in total. The number of benzene rings is 2. The summed E-state index contributed by atoms with van der Waals surface area (Å²) in [4.78, 5) is 12.7. The van der Waals surface area contributed by atoms with Gasteiger partial charge in [0.05, 0.1) is 4.92 Å². The Balaban J connectivity index is 2.05. The Labute approximate surface area is 147 Å². The highest BCUT2D eigenvalue weighted by Crippen LogP contribution is 2.42. The lowest BCUT2D eigenvalue weighted by Gasteiger charge is -2.27. The first-order valence-electron chi connectivity index (χ1n) is 8.09. The van der Waals surface area contributed by atoms with Crippen LogP contribution in [0, 0.1) is 10.1 Å². The third-order valence-electron chi connectivity index (χ3n) is 4.85. The maximum Gasteiger partial charge on any atom is 0.311 e. The number of anilines is 1. The molecule has 25 heavy (non-hydrogen) atoms. The lowest BCUT2D eigenvalue weighted by atomic mass is 9.93. The van der Waals surface area contributed by atoms with Gasteiger partial charge in [-0.1, -0.05) is 36.4 Å². The molecule has 2 unspecified atom stereocenters. The molecule has 0 aliphatic carbocycles. The van der Waals surface area contributed by atoms with E-state index < -0.39 is 14.8 Å². The van der Waals surface area contributed by atoms with Crippen molar-refractivity contribution < 1.29 is 13.3 Å². The van der Waals surface area contributed by atoms with Crippen LogP contribution in [0.25, 0.3) is 0 Å². The van der Waals surface area contributed by atoms with E-state index in [0.717, 1.165) is 12.7 Å². The van der Waals surface area contributed by atoms with Gasteiger partial charge >= 0.3 is 5.69 Å². The number of rotatable bonds is 4. The van der Waals surface area contributed by atoms with Gasteiger partial charge in [-0.25, -0.2) is 8.42 Å². The first kappa shape index (κ1) is 17.4. The van der Waals surface area contributed by atoms with E-state index in [-0.39, 0.29) is 22.5 Å². The van der Waals surface area contributed by atoms with Crippen molar-refractivity contribution in [2.24, 2.45) is 0 Å². The largest absolute Gasteiger partial charge is 0.363 e. The number of hydrogen-bond acceptors (Lipinski definition) is 5. The molecule has 0 amide bonds. The summed E-state index contributed by atoms with van der Waals surface area (Å²) in [6, 6.07) is 14.6. The van der Waals surface area contributed by atoms with Crippen molar-refractivity contribution in [3.05, 3.63) is 64.2 Å². The molecule has 2 aromatic carbocycles. The number of sulfone groups is 1. The van der Waals surface area contributed by atoms with Gasteiger partial charge in [0.15, 0.2) is 9.84 Å². The summed E-state index contributed by atoms with van der Waals surface area (Å²) < 4.78 is 23.9. The molecular formula is C18H20N2O4S. The molecule has 1 heterocycles. The third-order valence-corrected chi connectivity index (χ3v) is 5.98. The molecule has 7 heteroatoms. The zero-order valence-corrected chi connectivity index (χ0v) is 14.9. The fourth-order valence-electron chi connectivity index (χ4n) is 3.65. The minimum Gasteiger partial charge on any atom is -0.363 e. The van der Waals surface area contributed by atoms with Crippen LogP contribution in [0.3, 0.4) is 0 Å². The molecule has 3 rings (SSSR count). The average molecular weight is 360 g/mol. The fraction of sp³-hybridized carbons (Fsp3) is 0.333. The van der Waals surface area contributed by atoms with Crippen LogP contribution in [0.1, 0.15) is 24.8 Å². The Bertz CT molecular complexity index is 897. The van der Waals surface area contributed by atoms with Gasteiger partial charge in [0, 0.05) is 24.8 Å². The summed E-state index contributed by atoms with van der Waals surface area (Å²) >= 11 is 0. The molecule has 1 aliphatic heterocycles. The van der Waals surface area contributed by atoms with Gasteiger partial charge in [0.2, 0.25) is 0 Å². The molecule has 2 atom stereocenters. The molecular weight excluding hydrogens is 340 g/mol. The Morgan fingerprint density at radius 2 is 1.80 bits per heavy atom. The maximum absolute atomic E-state index is 12.0. The van der Waals surface area contributed by atoms with Crippen LogP contribution in [0.4, 0.5) is 11.4 Å². The van der Waals surface area contributed by atoms with Crippen LogP contribution in [0.15, 0.2) is 53.4 Å². The first-order chi connectivity index (χ1) is 11.8. The summed E-state index contributed by atoms with van der Waals surface area (Å²) in [5, 5.41) is 11.6. The van der Waals surface area contributed by atoms with Gasteiger partial charge in [0.25, 0.3) is 0 Å². The van der Waals surface area contributed by atoms with E-state index in [4.69, 9.17) is 0 Å². The Kier molecular flexibility index (Phi) is 4.51. The molecule has 6 nitrogen and oxygen atoms in total. The molecule has 0 spiro atoms. The highest BCUT2D eigenvalue weighted by molar-refractivity contribution is 7.90. The fourth-order valence-corrected chi connectivity index (χ4v) is 4.51. The number of hydrogen-bond donors (Lipinski definition) is 0. The summed E-state index contributed by atoms with van der Waals surface area (Å²) in [6.07, 6.45) is 1.87. The second-order valence-corrected chi connectivity index (χ2v) is 8.38. The van der Waals surface area contributed by atoms with Gasteiger partial charge in [-0.2, -0.15) is 0 Å².